The van der Waals surface area contributed by atoms with Crippen molar-refractivity contribution in [1.82, 2.24) is 5.32 Å². The molecule has 3 heteroatoms. The molecule has 1 aliphatic heterocycles. The number of nitrogens with one attached hydrogen (secondary N) is 1. The Morgan fingerprint density at radius 1 is 1.29 bits per heavy atom. The Hall–Kier alpha value is -1.66. The van der Waals surface area contributed by atoms with Gasteiger partial charge in [0.15, 0.2) is 11.5 Å². The van der Waals surface area contributed by atoms with E-state index in [0.29, 0.717) is 13.2 Å². The largest absolute Gasteiger partial charge is 0.486 e. The first-order valence-corrected chi connectivity index (χ1v) is 5.89. The highest BCUT2D eigenvalue weighted by Crippen LogP contribution is 2.33. The Morgan fingerprint density at radius 2 is 2.18 bits per heavy atom. The summed E-state index contributed by atoms with van der Waals surface area (Å²) < 4.78 is 11.2. The van der Waals surface area contributed by atoms with E-state index < -0.39 is 0 Å². The molecule has 0 aromatic heterocycles. The Labute approximate surface area is 102 Å². The van der Waals surface area contributed by atoms with Gasteiger partial charge in [-0.1, -0.05) is 12.1 Å². The fourth-order valence-corrected chi connectivity index (χ4v) is 1.77. The molecule has 3 nitrogen and oxygen atoms in total. The molecule has 0 amide bonds. The second kappa shape index (κ2) is 6.17. The van der Waals surface area contributed by atoms with E-state index in [0.717, 1.165) is 36.6 Å². The molecule has 1 heterocycles. The van der Waals surface area contributed by atoms with Crippen LogP contribution < -0.4 is 14.8 Å². The maximum Gasteiger partial charge on any atom is 0.165 e. The van der Waals surface area contributed by atoms with Gasteiger partial charge in [0.05, 0.1) is 0 Å². The van der Waals surface area contributed by atoms with Gasteiger partial charge >= 0.3 is 0 Å². The second-order valence-electron chi connectivity index (χ2n) is 3.79. The SMILES string of the molecule is CC#CCCNCc1cccc2c1OCCO2. The topological polar surface area (TPSA) is 30.5 Å². The molecule has 0 radical (unpaired) electrons. The monoisotopic (exact) mass is 231 g/mol. The van der Waals surface area contributed by atoms with Gasteiger partial charge in [-0.05, 0) is 13.0 Å². The van der Waals surface area contributed by atoms with E-state index in [4.69, 9.17) is 9.47 Å². The van der Waals surface area contributed by atoms with Crippen molar-refractivity contribution in [3.05, 3.63) is 23.8 Å². The predicted molar refractivity (Wildman–Crippen MR) is 67.2 cm³/mol. The van der Waals surface area contributed by atoms with Crippen molar-refractivity contribution in [2.75, 3.05) is 19.8 Å². The molecule has 1 aromatic carbocycles. The highest BCUT2D eigenvalue weighted by Gasteiger charge is 2.14. The maximum atomic E-state index is 5.64. The summed E-state index contributed by atoms with van der Waals surface area (Å²) in [5.41, 5.74) is 1.15. The number of rotatable bonds is 4. The molecule has 0 saturated heterocycles. The van der Waals surface area contributed by atoms with Crippen molar-refractivity contribution in [3.8, 4) is 23.3 Å². The van der Waals surface area contributed by atoms with Crippen molar-refractivity contribution in [1.29, 1.82) is 0 Å². The van der Waals surface area contributed by atoms with E-state index in [9.17, 15) is 0 Å². The van der Waals surface area contributed by atoms with Gasteiger partial charge < -0.3 is 14.8 Å². The summed E-state index contributed by atoms with van der Waals surface area (Å²) in [6.07, 6.45) is 0.878. The van der Waals surface area contributed by atoms with Crippen LogP contribution >= 0.6 is 0 Å². The summed E-state index contributed by atoms with van der Waals surface area (Å²) in [6.45, 7) is 4.81. The summed E-state index contributed by atoms with van der Waals surface area (Å²) in [6, 6.07) is 6.00. The first-order valence-electron chi connectivity index (χ1n) is 5.89. The molecule has 1 aromatic rings. The van der Waals surface area contributed by atoms with Gasteiger partial charge in [-0.3, -0.25) is 0 Å². The zero-order chi connectivity index (χ0) is 11.9. The lowest BCUT2D eigenvalue weighted by Crippen LogP contribution is -2.19. The number of para-hydroxylation sites is 1. The van der Waals surface area contributed by atoms with E-state index in [1.165, 1.54) is 0 Å². The number of hydrogen-bond acceptors (Lipinski definition) is 3. The predicted octanol–water partition coefficient (Wildman–Crippen LogP) is 1.96. The average molecular weight is 231 g/mol. The fraction of sp³-hybridized carbons (Fsp3) is 0.429. The van der Waals surface area contributed by atoms with Gasteiger partial charge in [0, 0.05) is 25.1 Å². The first kappa shape index (κ1) is 11.8. The quantitative estimate of drug-likeness (QED) is 0.634. The molecule has 0 fully saturated rings. The molecular weight excluding hydrogens is 214 g/mol. The van der Waals surface area contributed by atoms with Crippen molar-refractivity contribution >= 4 is 0 Å². The van der Waals surface area contributed by atoms with Gasteiger partial charge in [0.2, 0.25) is 0 Å². The Kier molecular flexibility index (Phi) is 4.29. The minimum atomic E-state index is 0.630. The van der Waals surface area contributed by atoms with Gasteiger partial charge in [-0.25, -0.2) is 0 Å². The smallest absolute Gasteiger partial charge is 0.165 e. The van der Waals surface area contributed by atoms with Gasteiger partial charge in [0.25, 0.3) is 0 Å². The standard InChI is InChI=1S/C14H17NO2/c1-2-3-4-8-15-11-12-6-5-7-13-14(12)17-10-9-16-13/h5-7,15H,4,8-11H2,1H3. The van der Waals surface area contributed by atoms with Crippen LogP contribution in [-0.4, -0.2) is 19.8 Å². The van der Waals surface area contributed by atoms with Gasteiger partial charge in [-0.15, -0.1) is 11.8 Å². The molecule has 17 heavy (non-hydrogen) atoms. The lowest BCUT2D eigenvalue weighted by Gasteiger charge is -2.21. The average Bonchev–Trinajstić information content (AvgIpc) is 2.39. The minimum Gasteiger partial charge on any atom is -0.486 e. The molecule has 1 N–H and O–H groups in total. The third-order valence-electron chi connectivity index (χ3n) is 2.57. The summed E-state index contributed by atoms with van der Waals surface area (Å²) in [5, 5.41) is 3.35. The lowest BCUT2D eigenvalue weighted by atomic mass is 10.1. The van der Waals surface area contributed by atoms with Crippen LogP contribution in [0.1, 0.15) is 18.9 Å². The summed E-state index contributed by atoms with van der Waals surface area (Å²) in [4.78, 5) is 0. The second-order valence-corrected chi connectivity index (χ2v) is 3.79. The van der Waals surface area contributed by atoms with Crippen LogP contribution in [0.2, 0.25) is 0 Å². The maximum absolute atomic E-state index is 5.64. The van der Waals surface area contributed by atoms with Crippen molar-refractivity contribution in [3.63, 3.8) is 0 Å². The molecular formula is C14H17NO2. The number of ether oxygens (including phenoxy) is 2. The van der Waals surface area contributed by atoms with Crippen LogP contribution in [0.15, 0.2) is 18.2 Å². The minimum absolute atomic E-state index is 0.630. The molecule has 0 aliphatic carbocycles. The van der Waals surface area contributed by atoms with E-state index in [1.807, 2.05) is 19.1 Å². The van der Waals surface area contributed by atoms with Crippen LogP contribution in [0, 0.1) is 11.8 Å². The summed E-state index contributed by atoms with van der Waals surface area (Å²) >= 11 is 0. The van der Waals surface area contributed by atoms with E-state index in [1.54, 1.807) is 0 Å². The molecule has 0 unspecified atom stereocenters. The summed E-state index contributed by atoms with van der Waals surface area (Å²) in [7, 11) is 0. The van der Waals surface area contributed by atoms with Crippen molar-refractivity contribution < 1.29 is 9.47 Å². The van der Waals surface area contributed by atoms with Crippen LogP contribution in [-0.2, 0) is 6.54 Å². The van der Waals surface area contributed by atoms with Crippen molar-refractivity contribution in [2.45, 2.75) is 19.9 Å². The van der Waals surface area contributed by atoms with Gasteiger partial charge in [-0.2, -0.15) is 0 Å². The third kappa shape index (κ3) is 3.15. The normalized spacial score (nSPS) is 12.8. The zero-order valence-corrected chi connectivity index (χ0v) is 10.1. The van der Waals surface area contributed by atoms with E-state index >= 15 is 0 Å². The first-order chi connectivity index (χ1) is 8.42. The molecule has 0 spiro atoms. The summed E-state index contributed by atoms with van der Waals surface area (Å²) in [5.74, 6) is 7.64. The zero-order valence-electron chi connectivity index (χ0n) is 10.1. The molecule has 0 saturated carbocycles. The Bertz CT molecular complexity index is 432. The van der Waals surface area contributed by atoms with Crippen LogP contribution in [0.4, 0.5) is 0 Å². The highest BCUT2D eigenvalue weighted by molar-refractivity contribution is 5.47. The number of fused-ring (bicyclic) bond motifs is 1. The Morgan fingerprint density at radius 3 is 3.06 bits per heavy atom. The lowest BCUT2D eigenvalue weighted by molar-refractivity contribution is 0.169. The van der Waals surface area contributed by atoms with E-state index in [-0.39, 0.29) is 0 Å². The van der Waals surface area contributed by atoms with Crippen molar-refractivity contribution in [2.24, 2.45) is 0 Å². The number of hydrogen-bond donors (Lipinski definition) is 1. The molecule has 2 rings (SSSR count). The van der Waals surface area contributed by atoms with Crippen LogP contribution in [0.5, 0.6) is 11.5 Å². The molecule has 90 valence electrons. The highest BCUT2D eigenvalue weighted by atomic mass is 16.6. The van der Waals surface area contributed by atoms with Crippen LogP contribution in [0.3, 0.4) is 0 Å². The fourth-order valence-electron chi connectivity index (χ4n) is 1.77. The third-order valence-corrected chi connectivity index (χ3v) is 2.57. The Balaban J connectivity index is 1.93. The molecule has 0 atom stereocenters. The molecule has 1 aliphatic rings. The molecule has 0 bridgehead atoms. The van der Waals surface area contributed by atoms with E-state index in [2.05, 4.69) is 23.2 Å². The van der Waals surface area contributed by atoms with Gasteiger partial charge in [0.1, 0.15) is 13.2 Å². The van der Waals surface area contributed by atoms with Crippen LogP contribution in [0.25, 0.3) is 0 Å². The number of benzene rings is 1.